The predicted octanol–water partition coefficient (Wildman–Crippen LogP) is 4.26. The maximum absolute atomic E-state index is 12.2. The van der Waals surface area contributed by atoms with Crippen LogP contribution in [0.4, 0.5) is 14.6 Å². The molecule has 1 fully saturated rings. The van der Waals surface area contributed by atoms with E-state index in [0.29, 0.717) is 12.1 Å². The van der Waals surface area contributed by atoms with Crippen LogP contribution >= 0.6 is 0 Å². The molecule has 1 aliphatic heterocycles. The van der Waals surface area contributed by atoms with E-state index in [4.69, 9.17) is 0 Å². The molecule has 2 aromatic rings. The Hall–Kier alpha value is -2.21. The second-order valence-electron chi connectivity index (χ2n) is 7.08. The van der Waals surface area contributed by atoms with Crippen LogP contribution in [0.2, 0.25) is 0 Å². The molecule has 0 spiro atoms. The Labute approximate surface area is 159 Å². The molecule has 1 aliphatic rings. The number of ether oxygens (including phenoxy) is 1. The lowest BCUT2D eigenvalue weighted by molar-refractivity contribution is -0.0498. The number of aromatic nitrogens is 1. The zero-order chi connectivity index (χ0) is 19.1. The van der Waals surface area contributed by atoms with Crippen molar-refractivity contribution < 1.29 is 13.5 Å². The zero-order valence-corrected chi connectivity index (χ0v) is 15.7. The molecular weight excluding hydrogens is 348 g/mol. The lowest BCUT2D eigenvalue weighted by atomic mass is 10.0. The highest BCUT2D eigenvalue weighted by Gasteiger charge is 2.21. The summed E-state index contributed by atoms with van der Waals surface area (Å²) >= 11 is 0. The number of nitrogens with zero attached hydrogens (tertiary/aromatic N) is 2. The third-order valence-corrected chi connectivity index (χ3v) is 5.00. The molecule has 1 aromatic carbocycles. The summed E-state index contributed by atoms with van der Waals surface area (Å²) in [6, 6.07) is 13.9. The van der Waals surface area contributed by atoms with Crippen LogP contribution in [0.3, 0.4) is 0 Å². The molecule has 0 bridgehead atoms. The van der Waals surface area contributed by atoms with Gasteiger partial charge in [0.1, 0.15) is 11.6 Å². The lowest BCUT2D eigenvalue weighted by Gasteiger charge is -2.34. The summed E-state index contributed by atoms with van der Waals surface area (Å²) in [4.78, 5) is 6.77. The number of hydrogen-bond acceptors (Lipinski definition) is 4. The standard InChI is InChI=1S/C21H27F2N3O/c1-16(5-6-17-7-9-19(10-8-17)27-21(22)23)25-18-11-14-26(15-12-18)20-4-2-3-13-24-20/h2-4,7-10,13,16,18,21,25H,5-6,11-12,14-15H2,1H3. The van der Waals surface area contributed by atoms with Gasteiger partial charge in [0, 0.05) is 31.4 Å². The van der Waals surface area contributed by atoms with Crippen LogP contribution in [0.15, 0.2) is 48.7 Å². The van der Waals surface area contributed by atoms with Gasteiger partial charge in [-0.3, -0.25) is 0 Å². The van der Waals surface area contributed by atoms with Crippen molar-refractivity contribution in [1.82, 2.24) is 10.3 Å². The van der Waals surface area contributed by atoms with Crippen molar-refractivity contribution >= 4 is 5.82 Å². The minimum atomic E-state index is -2.77. The molecule has 6 heteroatoms. The summed E-state index contributed by atoms with van der Waals surface area (Å²) in [6.07, 6.45) is 5.99. The Kier molecular flexibility index (Phi) is 6.98. The van der Waals surface area contributed by atoms with Gasteiger partial charge in [-0.05, 0) is 62.4 Å². The quantitative estimate of drug-likeness (QED) is 0.748. The van der Waals surface area contributed by atoms with E-state index < -0.39 is 6.61 Å². The molecule has 1 saturated heterocycles. The van der Waals surface area contributed by atoms with E-state index in [1.807, 2.05) is 30.5 Å². The number of rotatable bonds is 8. The van der Waals surface area contributed by atoms with Crippen molar-refractivity contribution in [3.8, 4) is 5.75 Å². The lowest BCUT2D eigenvalue weighted by Crippen LogP contribution is -2.45. The number of hydrogen-bond donors (Lipinski definition) is 1. The normalized spacial score (nSPS) is 16.5. The number of benzene rings is 1. The molecule has 0 saturated carbocycles. The largest absolute Gasteiger partial charge is 0.435 e. The number of anilines is 1. The molecule has 1 N–H and O–H groups in total. The van der Waals surface area contributed by atoms with E-state index in [1.54, 1.807) is 12.1 Å². The summed E-state index contributed by atoms with van der Waals surface area (Å²) in [5.74, 6) is 1.27. The first-order valence-electron chi connectivity index (χ1n) is 9.56. The summed E-state index contributed by atoms with van der Waals surface area (Å²) in [6.45, 7) is 1.48. The van der Waals surface area contributed by atoms with Crippen molar-refractivity contribution in [2.24, 2.45) is 0 Å². The molecule has 0 aliphatic carbocycles. The highest BCUT2D eigenvalue weighted by Crippen LogP contribution is 2.19. The Balaban J connectivity index is 1.38. The second-order valence-corrected chi connectivity index (χ2v) is 7.08. The summed E-state index contributed by atoms with van der Waals surface area (Å²) in [5, 5.41) is 3.73. The van der Waals surface area contributed by atoms with Crippen LogP contribution in [-0.2, 0) is 6.42 Å². The Morgan fingerprint density at radius 3 is 2.52 bits per heavy atom. The molecule has 146 valence electrons. The SMILES string of the molecule is CC(CCc1ccc(OC(F)F)cc1)NC1CCN(c2ccccn2)CC1. The van der Waals surface area contributed by atoms with Gasteiger partial charge in [-0.2, -0.15) is 8.78 Å². The number of pyridine rings is 1. The molecule has 4 nitrogen and oxygen atoms in total. The number of piperidine rings is 1. The first-order valence-corrected chi connectivity index (χ1v) is 9.56. The van der Waals surface area contributed by atoms with Gasteiger partial charge in [-0.1, -0.05) is 18.2 Å². The predicted molar refractivity (Wildman–Crippen MR) is 103 cm³/mol. The van der Waals surface area contributed by atoms with E-state index in [9.17, 15) is 8.78 Å². The molecule has 1 atom stereocenters. The highest BCUT2D eigenvalue weighted by molar-refractivity contribution is 5.38. The van der Waals surface area contributed by atoms with Crippen LogP contribution < -0.4 is 15.0 Å². The third-order valence-electron chi connectivity index (χ3n) is 5.00. The zero-order valence-electron chi connectivity index (χ0n) is 15.7. The van der Waals surface area contributed by atoms with E-state index >= 15 is 0 Å². The van der Waals surface area contributed by atoms with Crippen LogP contribution in [-0.4, -0.2) is 36.8 Å². The van der Waals surface area contributed by atoms with Crippen molar-refractivity contribution in [3.63, 3.8) is 0 Å². The fourth-order valence-electron chi connectivity index (χ4n) is 3.52. The Morgan fingerprint density at radius 1 is 1.15 bits per heavy atom. The van der Waals surface area contributed by atoms with Crippen molar-refractivity contribution in [1.29, 1.82) is 0 Å². The Morgan fingerprint density at radius 2 is 1.89 bits per heavy atom. The molecule has 0 amide bonds. The monoisotopic (exact) mass is 375 g/mol. The fourth-order valence-corrected chi connectivity index (χ4v) is 3.52. The summed E-state index contributed by atoms with van der Waals surface area (Å²) in [7, 11) is 0. The molecule has 1 unspecified atom stereocenters. The molecule has 0 radical (unpaired) electrons. The molecule has 1 aromatic heterocycles. The van der Waals surface area contributed by atoms with Gasteiger partial charge in [0.05, 0.1) is 0 Å². The van der Waals surface area contributed by atoms with Gasteiger partial charge in [-0.25, -0.2) is 4.98 Å². The van der Waals surface area contributed by atoms with E-state index in [0.717, 1.165) is 50.2 Å². The van der Waals surface area contributed by atoms with Crippen molar-refractivity contribution in [2.45, 2.75) is 51.3 Å². The van der Waals surface area contributed by atoms with Crippen LogP contribution in [0.25, 0.3) is 0 Å². The number of halogens is 2. The summed E-state index contributed by atoms with van der Waals surface area (Å²) in [5.41, 5.74) is 1.13. The van der Waals surface area contributed by atoms with Gasteiger partial charge >= 0.3 is 6.61 Å². The van der Waals surface area contributed by atoms with Gasteiger partial charge in [0.15, 0.2) is 0 Å². The first kappa shape index (κ1) is 19.5. The minimum absolute atomic E-state index is 0.208. The van der Waals surface area contributed by atoms with Gasteiger partial charge < -0.3 is 15.0 Å². The number of nitrogens with one attached hydrogen (secondary N) is 1. The summed E-state index contributed by atoms with van der Waals surface area (Å²) < 4.78 is 28.7. The molecule has 3 rings (SSSR count). The van der Waals surface area contributed by atoms with Gasteiger partial charge in [0.2, 0.25) is 0 Å². The highest BCUT2D eigenvalue weighted by atomic mass is 19.3. The molecule has 27 heavy (non-hydrogen) atoms. The van der Waals surface area contributed by atoms with E-state index in [-0.39, 0.29) is 5.75 Å². The van der Waals surface area contributed by atoms with E-state index in [2.05, 4.69) is 32.9 Å². The molecular formula is C21H27F2N3O. The number of alkyl halides is 2. The van der Waals surface area contributed by atoms with Crippen molar-refractivity contribution in [2.75, 3.05) is 18.0 Å². The third kappa shape index (κ3) is 6.17. The van der Waals surface area contributed by atoms with Crippen LogP contribution in [0.5, 0.6) is 5.75 Å². The average molecular weight is 375 g/mol. The topological polar surface area (TPSA) is 37.4 Å². The maximum Gasteiger partial charge on any atom is 0.387 e. The average Bonchev–Trinajstić information content (AvgIpc) is 2.68. The van der Waals surface area contributed by atoms with E-state index in [1.165, 1.54) is 0 Å². The second kappa shape index (κ2) is 9.65. The van der Waals surface area contributed by atoms with Crippen molar-refractivity contribution in [3.05, 3.63) is 54.2 Å². The minimum Gasteiger partial charge on any atom is -0.435 e. The fraction of sp³-hybridized carbons (Fsp3) is 0.476. The first-order chi connectivity index (χ1) is 13.1. The van der Waals surface area contributed by atoms with Gasteiger partial charge in [0.25, 0.3) is 0 Å². The maximum atomic E-state index is 12.2. The van der Waals surface area contributed by atoms with Crippen LogP contribution in [0, 0.1) is 0 Å². The number of aryl methyl sites for hydroxylation is 1. The van der Waals surface area contributed by atoms with Gasteiger partial charge in [-0.15, -0.1) is 0 Å². The van der Waals surface area contributed by atoms with Crippen LogP contribution in [0.1, 0.15) is 31.7 Å². The molecule has 2 heterocycles. The smallest absolute Gasteiger partial charge is 0.387 e. The Bertz CT molecular complexity index is 674.